The molecule has 3 nitrogen and oxygen atoms in total. The van der Waals surface area contributed by atoms with Crippen molar-refractivity contribution in [3.63, 3.8) is 0 Å². The maximum absolute atomic E-state index is 12.0. The van der Waals surface area contributed by atoms with Crippen molar-refractivity contribution in [2.45, 2.75) is 45.2 Å². The summed E-state index contributed by atoms with van der Waals surface area (Å²) in [6.45, 7) is 6.57. The fourth-order valence-corrected chi connectivity index (χ4v) is 2.65. The predicted octanol–water partition coefficient (Wildman–Crippen LogP) is 2.22. The molecule has 1 atom stereocenters. The first kappa shape index (κ1) is 14.1. The van der Waals surface area contributed by atoms with Crippen LogP contribution in [0.2, 0.25) is 0 Å². The summed E-state index contributed by atoms with van der Waals surface area (Å²) >= 11 is 0. The van der Waals surface area contributed by atoms with Gasteiger partial charge in [0.15, 0.2) is 0 Å². The average molecular weight is 260 g/mol. The van der Waals surface area contributed by atoms with Gasteiger partial charge in [-0.15, -0.1) is 0 Å². The lowest BCUT2D eigenvalue weighted by Gasteiger charge is -2.35. The average Bonchev–Trinajstić information content (AvgIpc) is 2.40. The molecule has 0 spiro atoms. The lowest BCUT2D eigenvalue weighted by molar-refractivity contribution is -0.121. The van der Waals surface area contributed by atoms with Gasteiger partial charge in [0.25, 0.3) is 0 Å². The van der Waals surface area contributed by atoms with Gasteiger partial charge in [0.1, 0.15) is 0 Å². The fourth-order valence-electron chi connectivity index (χ4n) is 2.65. The zero-order valence-electron chi connectivity index (χ0n) is 11.9. The molecule has 1 fully saturated rings. The highest BCUT2D eigenvalue weighted by Crippen LogP contribution is 2.13. The molecule has 1 N–H and O–H groups in total. The summed E-state index contributed by atoms with van der Waals surface area (Å²) in [6, 6.07) is 10.8. The van der Waals surface area contributed by atoms with Crippen molar-refractivity contribution in [2.75, 3.05) is 13.1 Å². The van der Waals surface area contributed by atoms with Crippen LogP contribution in [-0.4, -0.2) is 36.0 Å². The summed E-state index contributed by atoms with van der Waals surface area (Å²) in [5.41, 5.74) is 1.08. The number of nitrogens with one attached hydrogen (secondary N) is 1. The summed E-state index contributed by atoms with van der Waals surface area (Å²) in [6.07, 6.45) is 2.76. The summed E-state index contributed by atoms with van der Waals surface area (Å²) < 4.78 is 0. The molecule has 1 aliphatic heterocycles. The third-order valence-electron chi connectivity index (χ3n) is 3.76. The maximum atomic E-state index is 12.0. The minimum atomic E-state index is 0.141. The number of carbonyl (C=O) groups excluding carboxylic acids is 1. The summed E-state index contributed by atoms with van der Waals surface area (Å²) in [5.74, 6) is 0.141. The van der Waals surface area contributed by atoms with Gasteiger partial charge in [-0.25, -0.2) is 0 Å². The Morgan fingerprint density at radius 2 is 2.11 bits per heavy atom. The van der Waals surface area contributed by atoms with E-state index in [1.165, 1.54) is 6.42 Å². The highest BCUT2D eigenvalue weighted by molar-refractivity contribution is 5.78. The van der Waals surface area contributed by atoms with Crippen LogP contribution in [0.15, 0.2) is 30.3 Å². The van der Waals surface area contributed by atoms with Gasteiger partial charge >= 0.3 is 0 Å². The van der Waals surface area contributed by atoms with Crippen molar-refractivity contribution in [1.82, 2.24) is 10.2 Å². The van der Waals surface area contributed by atoms with Crippen LogP contribution in [0.3, 0.4) is 0 Å². The number of nitrogens with zero attached hydrogens (tertiary/aromatic N) is 1. The largest absolute Gasteiger partial charge is 0.352 e. The number of piperidine rings is 1. The Kier molecular flexibility index (Phi) is 4.97. The van der Waals surface area contributed by atoms with Gasteiger partial charge in [0.2, 0.25) is 5.91 Å². The zero-order valence-corrected chi connectivity index (χ0v) is 11.9. The third kappa shape index (κ3) is 4.35. The summed E-state index contributed by atoms with van der Waals surface area (Å²) in [4.78, 5) is 14.5. The molecule has 0 saturated carbocycles. The Hall–Kier alpha value is -1.35. The molecule has 3 heteroatoms. The van der Waals surface area contributed by atoms with E-state index in [1.54, 1.807) is 0 Å². The lowest BCUT2D eigenvalue weighted by atomic mass is 10.0. The Labute approximate surface area is 116 Å². The zero-order chi connectivity index (χ0) is 13.7. The van der Waals surface area contributed by atoms with Gasteiger partial charge in [-0.05, 0) is 38.8 Å². The number of rotatable bonds is 4. The number of benzene rings is 1. The molecule has 19 heavy (non-hydrogen) atoms. The van der Waals surface area contributed by atoms with Gasteiger partial charge in [-0.1, -0.05) is 30.3 Å². The minimum Gasteiger partial charge on any atom is -0.352 e. The molecule has 0 aliphatic carbocycles. The van der Waals surface area contributed by atoms with E-state index in [1.807, 2.05) is 30.3 Å². The molecular formula is C16H24N2O. The normalized spacial score (nSPS) is 20.5. The first-order valence-corrected chi connectivity index (χ1v) is 7.22. The van der Waals surface area contributed by atoms with E-state index >= 15 is 0 Å². The molecule has 0 aromatic heterocycles. The van der Waals surface area contributed by atoms with Gasteiger partial charge in [-0.2, -0.15) is 0 Å². The first-order chi connectivity index (χ1) is 9.15. The summed E-state index contributed by atoms with van der Waals surface area (Å²) in [7, 11) is 0. The Balaban J connectivity index is 1.82. The Morgan fingerprint density at radius 1 is 1.37 bits per heavy atom. The third-order valence-corrected chi connectivity index (χ3v) is 3.76. The second-order valence-corrected chi connectivity index (χ2v) is 5.66. The molecule has 1 amide bonds. The lowest BCUT2D eigenvalue weighted by Crippen LogP contribution is -2.50. The van der Waals surface area contributed by atoms with Crippen LogP contribution < -0.4 is 5.32 Å². The second-order valence-electron chi connectivity index (χ2n) is 5.66. The van der Waals surface area contributed by atoms with Gasteiger partial charge in [-0.3, -0.25) is 9.69 Å². The van der Waals surface area contributed by atoms with Crippen molar-refractivity contribution in [1.29, 1.82) is 0 Å². The molecule has 1 saturated heterocycles. The molecule has 1 unspecified atom stereocenters. The van der Waals surface area contributed by atoms with E-state index in [-0.39, 0.29) is 5.91 Å². The van der Waals surface area contributed by atoms with Crippen molar-refractivity contribution in [3.8, 4) is 0 Å². The van der Waals surface area contributed by atoms with E-state index in [4.69, 9.17) is 0 Å². The number of hydrogen-bond donors (Lipinski definition) is 1. The predicted molar refractivity (Wildman–Crippen MR) is 78.0 cm³/mol. The SMILES string of the molecule is CC(C)N1CCCC(NC(=O)Cc2ccccc2)C1. The van der Waals surface area contributed by atoms with E-state index in [2.05, 4.69) is 24.1 Å². The van der Waals surface area contributed by atoms with Crippen LogP contribution in [0.4, 0.5) is 0 Å². The molecule has 1 aromatic carbocycles. The number of likely N-dealkylation sites (tertiary alicyclic amines) is 1. The number of hydrogen-bond acceptors (Lipinski definition) is 2. The van der Waals surface area contributed by atoms with Crippen LogP contribution in [0.25, 0.3) is 0 Å². The van der Waals surface area contributed by atoms with Crippen LogP contribution >= 0.6 is 0 Å². The molecule has 1 aromatic rings. The minimum absolute atomic E-state index is 0.141. The molecule has 1 aliphatic rings. The van der Waals surface area contributed by atoms with Crippen LogP contribution in [-0.2, 0) is 11.2 Å². The Morgan fingerprint density at radius 3 is 2.79 bits per heavy atom. The maximum Gasteiger partial charge on any atom is 0.224 e. The second kappa shape index (κ2) is 6.71. The van der Waals surface area contributed by atoms with Crippen LogP contribution in [0.1, 0.15) is 32.3 Å². The molecule has 0 radical (unpaired) electrons. The quantitative estimate of drug-likeness (QED) is 0.900. The van der Waals surface area contributed by atoms with Gasteiger partial charge in [0.05, 0.1) is 6.42 Å². The smallest absolute Gasteiger partial charge is 0.224 e. The molecule has 1 heterocycles. The van der Waals surface area contributed by atoms with Crippen molar-refractivity contribution in [2.24, 2.45) is 0 Å². The molecule has 104 valence electrons. The first-order valence-electron chi connectivity index (χ1n) is 7.22. The van der Waals surface area contributed by atoms with Crippen LogP contribution in [0.5, 0.6) is 0 Å². The van der Waals surface area contributed by atoms with E-state index in [9.17, 15) is 4.79 Å². The highest BCUT2D eigenvalue weighted by atomic mass is 16.1. The van der Waals surface area contributed by atoms with Crippen LogP contribution in [0, 0.1) is 0 Å². The van der Waals surface area contributed by atoms with Crippen molar-refractivity contribution >= 4 is 5.91 Å². The number of amides is 1. The topological polar surface area (TPSA) is 32.3 Å². The molecular weight excluding hydrogens is 236 g/mol. The van der Waals surface area contributed by atoms with Crippen molar-refractivity contribution in [3.05, 3.63) is 35.9 Å². The van der Waals surface area contributed by atoms with Crippen molar-refractivity contribution < 1.29 is 4.79 Å². The molecule has 0 bridgehead atoms. The monoisotopic (exact) mass is 260 g/mol. The molecule has 2 rings (SSSR count). The van der Waals surface area contributed by atoms with E-state index < -0.39 is 0 Å². The highest BCUT2D eigenvalue weighted by Gasteiger charge is 2.22. The van der Waals surface area contributed by atoms with Gasteiger partial charge < -0.3 is 5.32 Å². The number of carbonyl (C=O) groups is 1. The van der Waals surface area contributed by atoms with Gasteiger partial charge in [0, 0.05) is 18.6 Å². The fraction of sp³-hybridized carbons (Fsp3) is 0.562. The summed E-state index contributed by atoms with van der Waals surface area (Å²) in [5, 5.41) is 3.17. The Bertz CT molecular complexity index is 402. The standard InChI is InChI=1S/C16H24N2O/c1-13(2)18-10-6-9-15(12-18)17-16(19)11-14-7-4-3-5-8-14/h3-5,7-8,13,15H,6,9-12H2,1-2H3,(H,17,19). The van der Waals surface area contributed by atoms with E-state index in [0.717, 1.165) is 25.1 Å². The van der Waals surface area contributed by atoms with E-state index in [0.29, 0.717) is 18.5 Å².